The van der Waals surface area contributed by atoms with E-state index in [1.807, 2.05) is 6.07 Å². The molecule has 0 saturated heterocycles. The van der Waals surface area contributed by atoms with Gasteiger partial charge in [0.15, 0.2) is 11.5 Å². The zero-order valence-corrected chi connectivity index (χ0v) is 13.1. The number of ether oxygens (including phenoxy) is 2. The molecule has 0 heterocycles. The molecular weight excluding hydrogens is 286 g/mol. The molecule has 2 N–H and O–H groups in total. The van der Waals surface area contributed by atoms with Gasteiger partial charge in [0, 0.05) is 6.54 Å². The summed E-state index contributed by atoms with van der Waals surface area (Å²) in [7, 11) is 1.59. The van der Waals surface area contributed by atoms with Gasteiger partial charge in [-0.3, -0.25) is 0 Å². The highest BCUT2D eigenvalue weighted by atomic mass is 35.5. The quantitative estimate of drug-likeness (QED) is 0.879. The smallest absolute Gasteiger partial charge is 0.180 e. The maximum atomic E-state index is 6.25. The van der Waals surface area contributed by atoms with Crippen LogP contribution in [0.5, 0.6) is 11.5 Å². The molecule has 0 unspecified atom stereocenters. The maximum absolute atomic E-state index is 6.25. The first-order valence-corrected chi connectivity index (χ1v) is 7.32. The van der Waals surface area contributed by atoms with Crippen molar-refractivity contribution >= 4 is 11.6 Å². The molecule has 0 aliphatic carbocycles. The van der Waals surface area contributed by atoms with Crippen LogP contribution in [-0.2, 0) is 19.6 Å². The van der Waals surface area contributed by atoms with E-state index in [0.717, 1.165) is 17.5 Å². The van der Waals surface area contributed by atoms with Crippen molar-refractivity contribution in [1.29, 1.82) is 0 Å². The standard InChI is InChI=1S/C17H20ClNO2/c1-3-12-4-6-13(7-5-12)11-21-17-15(18)8-14(10-19)9-16(17)20-2/h4-9H,3,10-11,19H2,1-2H3. The third-order valence-electron chi connectivity index (χ3n) is 3.34. The monoisotopic (exact) mass is 305 g/mol. The van der Waals surface area contributed by atoms with Crippen molar-refractivity contribution in [3.05, 3.63) is 58.1 Å². The molecule has 0 radical (unpaired) electrons. The summed E-state index contributed by atoms with van der Waals surface area (Å²) in [6, 6.07) is 12.0. The lowest BCUT2D eigenvalue weighted by Crippen LogP contribution is -2.01. The van der Waals surface area contributed by atoms with Crippen LogP contribution in [0.25, 0.3) is 0 Å². The second-order valence-corrected chi connectivity index (χ2v) is 5.18. The Morgan fingerprint density at radius 3 is 2.29 bits per heavy atom. The minimum absolute atomic E-state index is 0.412. The van der Waals surface area contributed by atoms with E-state index in [2.05, 4.69) is 31.2 Å². The fourth-order valence-corrected chi connectivity index (χ4v) is 2.35. The number of hydrogen-bond acceptors (Lipinski definition) is 3. The van der Waals surface area contributed by atoms with Crippen molar-refractivity contribution < 1.29 is 9.47 Å². The normalized spacial score (nSPS) is 10.5. The van der Waals surface area contributed by atoms with Crippen molar-refractivity contribution in [2.75, 3.05) is 7.11 Å². The van der Waals surface area contributed by atoms with E-state index in [4.69, 9.17) is 26.8 Å². The third-order valence-corrected chi connectivity index (χ3v) is 3.62. The molecule has 4 heteroatoms. The van der Waals surface area contributed by atoms with Gasteiger partial charge >= 0.3 is 0 Å². The summed E-state index contributed by atoms with van der Waals surface area (Å²) in [5, 5.41) is 0.514. The Labute approximate surface area is 130 Å². The molecule has 0 aliphatic rings. The van der Waals surface area contributed by atoms with E-state index in [1.165, 1.54) is 5.56 Å². The molecule has 0 saturated carbocycles. The average Bonchev–Trinajstić information content (AvgIpc) is 2.53. The van der Waals surface area contributed by atoms with E-state index in [9.17, 15) is 0 Å². The molecule has 21 heavy (non-hydrogen) atoms. The second-order valence-electron chi connectivity index (χ2n) is 4.77. The van der Waals surface area contributed by atoms with Gasteiger partial charge in [-0.25, -0.2) is 0 Å². The van der Waals surface area contributed by atoms with Crippen molar-refractivity contribution in [2.24, 2.45) is 5.73 Å². The molecule has 0 fully saturated rings. The van der Waals surface area contributed by atoms with Crippen molar-refractivity contribution in [3.63, 3.8) is 0 Å². The van der Waals surface area contributed by atoms with Gasteiger partial charge in [0.25, 0.3) is 0 Å². The Morgan fingerprint density at radius 1 is 1.05 bits per heavy atom. The SMILES string of the molecule is CCc1ccc(COc2c(Cl)cc(CN)cc2OC)cc1. The van der Waals surface area contributed by atoms with Crippen LogP contribution in [0.2, 0.25) is 5.02 Å². The van der Waals surface area contributed by atoms with Crippen LogP contribution in [-0.4, -0.2) is 7.11 Å². The van der Waals surface area contributed by atoms with Crippen molar-refractivity contribution in [1.82, 2.24) is 0 Å². The maximum Gasteiger partial charge on any atom is 0.180 e. The van der Waals surface area contributed by atoms with Gasteiger partial charge in [0.05, 0.1) is 12.1 Å². The molecule has 0 aromatic heterocycles. The summed E-state index contributed by atoms with van der Waals surface area (Å²) in [6.45, 7) is 2.99. The van der Waals surface area contributed by atoms with E-state index in [0.29, 0.717) is 29.7 Å². The molecule has 0 bridgehead atoms. The minimum Gasteiger partial charge on any atom is -0.493 e. The van der Waals surface area contributed by atoms with Crippen molar-refractivity contribution in [2.45, 2.75) is 26.5 Å². The Morgan fingerprint density at radius 2 is 1.71 bits per heavy atom. The number of halogens is 1. The zero-order chi connectivity index (χ0) is 15.2. The zero-order valence-electron chi connectivity index (χ0n) is 12.4. The molecule has 0 spiro atoms. The molecule has 2 rings (SSSR count). The Bertz CT molecular complexity index is 596. The predicted octanol–water partition coefficient (Wildman–Crippen LogP) is 3.95. The summed E-state index contributed by atoms with van der Waals surface area (Å²) in [5.41, 5.74) is 8.94. The van der Waals surface area contributed by atoms with E-state index in [-0.39, 0.29) is 0 Å². The number of nitrogens with two attached hydrogens (primary N) is 1. The molecule has 0 amide bonds. The summed E-state index contributed by atoms with van der Waals surface area (Å²) < 4.78 is 11.1. The van der Waals surface area contributed by atoms with Crippen LogP contribution in [0.4, 0.5) is 0 Å². The first-order valence-electron chi connectivity index (χ1n) is 6.95. The number of benzene rings is 2. The van der Waals surface area contributed by atoms with E-state index < -0.39 is 0 Å². The predicted molar refractivity (Wildman–Crippen MR) is 86.0 cm³/mol. The van der Waals surface area contributed by atoms with E-state index >= 15 is 0 Å². The summed E-state index contributed by atoms with van der Waals surface area (Å²) in [5.74, 6) is 1.16. The fourth-order valence-electron chi connectivity index (χ4n) is 2.06. The summed E-state index contributed by atoms with van der Waals surface area (Å²) >= 11 is 6.25. The van der Waals surface area contributed by atoms with Crippen LogP contribution >= 0.6 is 11.6 Å². The molecule has 2 aromatic carbocycles. The van der Waals surface area contributed by atoms with Gasteiger partial charge in [-0.15, -0.1) is 0 Å². The fraction of sp³-hybridized carbons (Fsp3) is 0.294. The lowest BCUT2D eigenvalue weighted by molar-refractivity contribution is 0.284. The van der Waals surface area contributed by atoms with Gasteiger partial charge in [-0.2, -0.15) is 0 Å². The highest BCUT2D eigenvalue weighted by Crippen LogP contribution is 2.36. The molecule has 3 nitrogen and oxygen atoms in total. The first kappa shape index (κ1) is 15.7. The summed E-state index contributed by atoms with van der Waals surface area (Å²) in [6.07, 6.45) is 1.03. The molecule has 2 aromatic rings. The van der Waals surface area contributed by atoms with Gasteiger partial charge in [-0.1, -0.05) is 42.8 Å². The largest absolute Gasteiger partial charge is 0.493 e. The third kappa shape index (κ3) is 3.90. The highest BCUT2D eigenvalue weighted by Gasteiger charge is 2.11. The van der Waals surface area contributed by atoms with Gasteiger partial charge in [-0.05, 0) is 35.2 Å². The van der Waals surface area contributed by atoms with Crippen LogP contribution in [0.1, 0.15) is 23.6 Å². The first-order chi connectivity index (χ1) is 10.2. The van der Waals surface area contributed by atoms with Gasteiger partial charge < -0.3 is 15.2 Å². The molecule has 0 atom stereocenters. The number of hydrogen-bond donors (Lipinski definition) is 1. The summed E-state index contributed by atoms with van der Waals surface area (Å²) in [4.78, 5) is 0. The molecule has 112 valence electrons. The number of methoxy groups -OCH3 is 1. The lowest BCUT2D eigenvalue weighted by Gasteiger charge is -2.14. The van der Waals surface area contributed by atoms with Crippen LogP contribution in [0.15, 0.2) is 36.4 Å². The minimum atomic E-state index is 0.412. The lowest BCUT2D eigenvalue weighted by atomic mass is 10.1. The second kappa shape index (κ2) is 7.34. The topological polar surface area (TPSA) is 44.5 Å². The van der Waals surface area contributed by atoms with Crippen LogP contribution < -0.4 is 15.2 Å². The van der Waals surface area contributed by atoms with E-state index in [1.54, 1.807) is 13.2 Å². The Hall–Kier alpha value is -1.71. The highest BCUT2D eigenvalue weighted by molar-refractivity contribution is 6.32. The van der Waals surface area contributed by atoms with Gasteiger partial charge in [0.2, 0.25) is 0 Å². The van der Waals surface area contributed by atoms with Gasteiger partial charge in [0.1, 0.15) is 6.61 Å². The Balaban J connectivity index is 2.15. The molecular formula is C17H20ClNO2. The van der Waals surface area contributed by atoms with Crippen LogP contribution in [0, 0.1) is 0 Å². The Kier molecular flexibility index (Phi) is 5.48. The average molecular weight is 306 g/mol. The number of aryl methyl sites for hydroxylation is 1. The van der Waals surface area contributed by atoms with Crippen LogP contribution in [0.3, 0.4) is 0 Å². The molecule has 0 aliphatic heterocycles. The number of rotatable bonds is 6. The van der Waals surface area contributed by atoms with Crippen molar-refractivity contribution in [3.8, 4) is 11.5 Å².